The van der Waals surface area contributed by atoms with Crippen LogP contribution >= 0.6 is 0 Å². The Bertz CT molecular complexity index is 1150. The molecule has 1 aliphatic rings. The molecule has 1 heterocycles. The van der Waals surface area contributed by atoms with E-state index in [1.807, 2.05) is 46.8 Å². The first-order chi connectivity index (χ1) is 18.0. The van der Waals surface area contributed by atoms with Crippen molar-refractivity contribution >= 4 is 37.0 Å². The third-order valence-electron chi connectivity index (χ3n) is 6.45. The van der Waals surface area contributed by atoms with E-state index in [1.54, 1.807) is 23.1 Å². The fourth-order valence-electron chi connectivity index (χ4n) is 4.39. The molecule has 3 rings (SSSR count). The number of carbonyl (C=O) groups is 3. The Morgan fingerprint density at radius 2 is 1.76 bits per heavy atom. The van der Waals surface area contributed by atoms with Gasteiger partial charge in [0.05, 0.1) is 30.5 Å². The number of hydrogen-bond acceptors (Lipinski definition) is 6. The predicted molar refractivity (Wildman–Crippen MR) is 151 cm³/mol. The summed E-state index contributed by atoms with van der Waals surface area (Å²) >= 11 is 0. The third kappa shape index (κ3) is 7.76. The van der Waals surface area contributed by atoms with Crippen LogP contribution in [0.5, 0.6) is 5.75 Å². The van der Waals surface area contributed by atoms with Gasteiger partial charge >= 0.3 is 12.1 Å². The van der Waals surface area contributed by atoms with E-state index in [-0.39, 0.29) is 23.5 Å². The van der Waals surface area contributed by atoms with E-state index in [0.717, 1.165) is 36.7 Å². The second-order valence-electron chi connectivity index (χ2n) is 10.7. The van der Waals surface area contributed by atoms with Crippen LogP contribution in [0, 0.1) is 0 Å². The molecule has 1 fully saturated rings. The van der Waals surface area contributed by atoms with Crippen molar-refractivity contribution in [2.24, 2.45) is 0 Å². The summed E-state index contributed by atoms with van der Waals surface area (Å²) < 4.78 is 16.4. The summed E-state index contributed by atoms with van der Waals surface area (Å²) in [5, 5.41) is 2.90. The molecule has 2 aromatic rings. The number of ether oxygens (including phenoxy) is 3. The summed E-state index contributed by atoms with van der Waals surface area (Å²) in [7, 11) is 3.20. The van der Waals surface area contributed by atoms with Gasteiger partial charge in [0.2, 0.25) is 0 Å². The van der Waals surface area contributed by atoms with Crippen LogP contribution in [0.1, 0.15) is 85.6 Å². The summed E-state index contributed by atoms with van der Waals surface area (Å²) in [6, 6.07) is 10.9. The molecule has 1 N–H and O–H groups in total. The van der Waals surface area contributed by atoms with Crippen LogP contribution in [0.25, 0.3) is 0 Å². The van der Waals surface area contributed by atoms with Gasteiger partial charge < -0.3 is 24.4 Å². The molecule has 0 atom stereocenters. The molecule has 204 valence electrons. The first-order valence-electron chi connectivity index (χ1n) is 13.3. The Balaban J connectivity index is 1.83. The molecule has 0 radical (unpaired) electrons. The number of unbranched alkanes of at least 4 members (excludes halogenated alkanes) is 1. The molecule has 0 aromatic heterocycles. The van der Waals surface area contributed by atoms with Crippen LogP contribution < -0.4 is 15.5 Å². The van der Waals surface area contributed by atoms with Gasteiger partial charge in [0.25, 0.3) is 5.91 Å². The Kier molecular flexibility index (Phi) is 9.83. The molecule has 1 aliphatic heterocycles. The maximum atomic E-state index is 13.5. The van der Waals surface area contributed by atoms with Crippen molar-refractivity contribution < 1.29 is 28.6 Å². The largest absolute Gasteiger partial charge is 0.493 e. The Labute approximate surface area is 226 Å². The van der Waals surface area contributed by atoms with E-state index in [4.69, 9.17) is 14.2 Å². The number of nitrogens with zero attached hydrogens (tertiary/aromatic N) is 1. The monoisotopic (exact) mass is 522 g/mol. The number of nitrogens with one attached hydrogen (secondary N) is 1. The maximum absolute atomic E-state index is 13.5. The zero-order chi connectivity index (χ0) is 27.9. The lowest BCUT2D eigenvalue weighted by atomic mass is 9.88. The molecule has 0 unspecified atom stereocenters. The second kappa shape index (κ2) is 12.8. The minimum Gasteiger partial charge on any atom is -0.493 e. The van der Waals surface area contributed by atoms with Gasteiger partial charge in [0.15, 0.2) is 0 Å². The third-order valence-corrected chi connectivity index (χ3v) is 6.45. The highest BCUT2D eigenvalue weighted by atomic mass is 16.6. The average Bonchev–Trinajstić information content (AvgIpc) is 2.87. The van der Waals surface area contributed by atoms with Crippen molar-refractivity contribution in [3.05, 3.63) is 53.1 Å². The summed E-state index contributed by atoms with van der Waals surface area (Å²) in [5.74, 6) is -0.196. The van der Waals surface area contributed by atoms with E-state index >= 15 is 0 Å². The number of piperidine rings is 1. The molecule has 1 saturated heterocycles. The normalized spacial score (nSPS) is 14.1. The van der Waals surface area contributed by atoms with Crippen molar-refractivity contribution in [1.82, 2.24) is 4.90 Å². The molecular formula is C29H39BN2O6. The number of methoxy groups -OCH3 is 1. The molecule has 0 bridgehead atoms. The van der Waals surface area contributed by atoms with Gasteiger partial charge in [-0.15, -0.1) is 0 Å². The van der Waals surface area contributed by atoms with Gasteiger partial charge in [0, 0.05) is 13.1 Å². The van der Waals surface area contributed by atoms with Crippen LogP contribution in [-0.4, -0.2) is 63.1 Å². The highest BCUT2D eigenvalue weighted by Gasteiger charge is 2.28. The van der Waals surface area contributed by atoms with Gasteiger partial charge in [-0.2, -0.15) is 0 Å². The Morgan fingerprint density at radius 3 is 2.39 bits per heavy atom. The molecule has 9 heteroatoms. The zero-order valence-corrected chi connectivity index (χ0v) is 23.4. The number of esters is 1. The lowest BCUT2D eigenvalue weighted by Gasteiger charge is -2.33. The first kappa shape index (κ1) is 29.1. The smallest absolute Gasteiger partial charge is 0.410 e. The van der Waals surface area contributed by atoms with Crippen molar-refractivity contribution in [1.29, 1.82) is 0 Å². The molecule has 8 nitrogen and oxygen atoms in total. The van der Waals surface area contributed by atoms with E-state index in [2.05, 4.69) is 12.2 Å². The van der Waals surface area contributed by atoms with Crippen molar-refractivity contribution in [3.63, 3.8) is 0 Å². The van der Waals surface area contributed by atoms with E-state index in [0.29, 0.717) is 36.7 Å². The predicted octanol–water partition coefficient (Wildman–Crippen LogP) is 4.28. The molecule has 2 amide bonds. The van der Waals surface area contributed by atoms with Crippen LogP contribution in [-0.2, 0) is 9.47 Å². The standard InChI is InChI=1S/C29H39BN2O6/c1-6-7-16-37-25-11-8-20(19-12-14-32(15-13-19)28(35)38-29(2,3)4)17-23(25)26(33)31-24-18-21(30)9-10-22(24)27(34)36-5/h8-11,17-19H,6-7,12-16,30H2,1-5H3,(H,31,33). The number of likely N-dealkylation sites (tertiary alicyclic amines) is 1. The lowest BCUT2D eigenvalue weighted by molar-refractivity contribution is 0.0204. The van der Waals surface area contributed by atoms with E-state index < -0.39 is 11.6 Å². The SMILES string of the molecule is Bc1ccc(C(=O)OC)c(NC(=O)c2cc(C3CCN(C(=O)OC(C)(C)C)CC3)ccc2OCCCC)c1. The number of anilines is 1. The van der Waals surface area contributed by atoms with Gasteiger partial charge in [-0.05, 0) is 75.8 Å². The van der Waals surface area contributed by atoms with Crippen molar-refractivity contribution in [2.75, 3.05) is 32.1 Å². The summed E-state index contributed by atoms with van der Waals surface area (Å²) in [4.78, 5) is 40.0. The summed E-state index contributed by atoms with van der Waals surface area (Å²) in [6.45, 7) is 9.33. The number of benzene rings is 2. The van der Waals surface area contributed by atoms with Crippen LogP contribution in [0.2, 0.25) is 0 Å². The number of amides is 2. The first-order valence-corrected chi connectivity index (χ1v) is 13.3. The quantitative estimate of drug-likeness (QED) is 0.316. The van der Waals surface area contributed by atoms with Gasteiger partial charge in [-0.25, -0.2) is 9.59 Å². The fourth-order valence-corrected chi connectivity index (χ4v) is 4.39. The van der Waals surface area contributed by atoms with Crippen molar-refractivity contribution in [2.45, 2.75) is 64.9 Å². The number of hydrogen-bond donors (Lipinski definition) is 1. The number of carbonyl (C=O) groups excluding carboxylic acids is 3. The highest BCUT2D eigenvalue weighted by Crippen LogP contribution is 2.32. The average molecular weight is 522 g/mol. The molecule has 38 heavy (non-hydrogen) atoms. The van der Waals surface area contributed by atoms with Crippen molar-refractivity contribution in [3.8, 4) is 5.75 Å². The molecule has 0 spiro atoms. The zero-order valence-electron chi connectivity index (χ0n) is 23.4. The second-order valence-corrected chi connectivity index (χ2v) is 10.7. The molecule has 2 aromatic carbocycles. The van der Waals surface area contributed by atoms with Gasteiger partial charge in [-0.3, -0.25) is 4.79 Å². The van der Waals surface area contributed by atoms with Gasteiger partial charge in [-0.1, -0.05) is 30.9 Å². The maximum Gasteiger partial charge on any atom is 0.410 e. The van der Waals surface area contributed by atoms with E-state index in [9.17, 15) is 14.4 Å². The topological polar surface area (TPSA) is 94.2 Å². The van der Waals surface area contributed by atoms with Gasteiger partial charge in [0.1, 0.15) is 19.2 Å². The lowest BCUT2D eigenvalue weighted by Crippen LogP contribution is -2.41. The molecule has 0 saturated carbocycles. The van der Waals surface area contributed by atoms with E-state index in [1.165, 1.54) is 7.11 Å². The Hall–Kier alpha value is -3.49. The van der Waals surface area contributed by atoms with Crippen LogP contribution in [0.4, 0.5) is 10.5 Å². The minimum absolute atomic E-state index is 0.189. The minimum atomic E-state index is -0.533. The van der Waals surface area contributed by atoms with Crippen LogP contribution in [0.3, 0.4) is 0 Å². The highest BCUT2D eigenvalue weighted by molar-refractivity contribution is 6.33. The summed E-state index contributed by atoms with van der Waals surface area (Å²) in [5.41, 5.74) is 2.46. The fraction of sp³-hybridized carbons (Fsp3) is 0.483. The molecular weight excluding hydrogens is 483 g/mol. The summed E-state index contributed by atoms with van der Waals surface area (Å²) in [6.07, 6.45) is 3.08. The number of rotatable bonds is 8. The van der Waals surface area contributed by atoms with Crippen LogP contribution in [0.15, 0.2) is 36.4 Å². The Morgan fingerprint density at radius 1 is 1.05 bits per heavy atom. The molecule has 0 aliphatic carbocycles.